The van der Waals surface area contributed by atoms with E-state index in [9.17, 15) is 8.78 Å². The number of nitrogens with one attached hydrogen (secondary N) is 1. The second-order valence-electron chi connectivity index (χ2n) is 4.53. The molecular formula is C13H19F2N3S. The molecule has 0 unspecified atom stereocenters. The van der Waals surface area contributed by atoms with E-state index in [1.165, 1.54) is 6.07 Å². The van der Waals surface area contributed by atoms with E-state index in [4.69, 9.17) is 5.73 Å². The third-order valence-electron chi connectivity index (χ3n) is 3.16. The van der Waals surface area contributed by atoms with Crippen LogP contribution in [0.25, 0.3) is 0 Å². The van der Waals surface area contributed by atoms with E-state index in [-0.39, 0.29) is 5.56 Å². The summed E-state index contributed by atoms with van der Waals surface area (Å²) in [4.78, 5) is 2.35. The fraction of sp³-hybridized carbons (Fsp3) is 0.538. The molecule has 3 N–H and O–H groups in total. The molecule has 0 radical (unpaired) electrons. The van der Waals surface area contributed by atoms with E-state index in [1.807, 2.05) is 11.8 Å². The molecule has 19 heavy (non-hydrogen) atoms. The fourth-order valence-corrected chi connectivity index (χ4v) is 3.07. The van der Waals surface area contributed by atoms with Crippen LogP contribution in [0.2, 0.25) is 0 Å². The molecule has 0 spiro atoms. The number of hydrogen-bond acceptors (Lipinski definition) is 4. The van der Waals surface area contributed by atoms with E-state index >= 15 is 0 Å². The van der Waals surface area contributed by atoms with Crippen molar-refractivity contribution in [2.75, 3.05) is 48.7 Å². The highest BCUT2D eigenvalue weighted by atomic mass is 32.2. The van der Waals surface area contributed by atoms with Crippen LogP contribution in [0.15, 0.2) is 18.2 Å². The quantitative estimate of drug-likeness (QED) is 0.817. The molecule has 6 heteroatoms. The van der Waals surface area contributed by atoms with Gasteiger partial charge in [-0.15, -0.1) is 0 Å². The van der Waals surface area contributed by atoms with Crippen molar-refractivity contribution in [2.24, 2.45) is 0 Å². The maximum Gasteiger partial charge on any atom is 0.265 e. The Bertz CT molecular complexity index is 409. The second kappa shape index (κ2) is 6.96. The Labute approximate surface area is 116 Å². The first-order valence-electron chi connectivity index (χ1n) is 6.38. The van der Waals surface area contributed by atoms with Crippen LogP contribution in [-0.2, 0) is 0 Å². The van der Waals surface area contributed by atoms with Crippen molar-refractivity contribution in [2.45, 2.75) is 6.43 Å². The summed E-state index contributed by atoms with van der Waals surface area (Å²) in [6, 6.07) is 4.61. The van der Waals surface area contributed by atoms with Gasteiger partial charge in [-0.25, -0.2) is 8.78 Å². The van der Waals surface area contributed by atoms with Crippen LogP contribution in [0, 0.1) is 0 Å². The zero-order chi connectivity index (χ0) is 13.7. The maximum atomic E-state index is 12.9. The predicted octanol–water partition coefficient (Wildman–Crippen LogP) is 2.67. The summed E-state index contributed by atoms with van der Waals surface area (Å²) in [5.41, 5.74) is 6.37. The van der Waals surface area contributed by atoms with Crippen LogP contribution < -0.4 is 11.1 Å². The molecule has 0 saturated carbocycles. The van der Waals surface area contributed by atoms with Crippen molar-refractivity contribution in [3.8, 4) is 0 Å². The number of benzene rings is 1. The first-order valence-corrected chi connectivity index (χ1v) is 7.54. The molecule has 1 aliphatic heterocycles. The Hall–Kier alpha value is -1.01. The van der Waals surface area contributed by atoms with Crippen molar-refractivity contribution in [1.82, 2.24) is 4.90 Å². The number of nitrogens with two attached hydrogens (primary N) is 1. The molecule has 0 atom stereocenters. The summed E-state index contributed by atoms with van der Waals surface area (Å²) in [7, 11) is 0. The Morgan fingerprint density at radius 1 is 1.32 bits per heavy atom. The average Bonchev–Trinajstić information content (AvgIpc) is 2.41. The van der Waals surface area contributed by atoms with Crippen LogP contribution in [-0.4, -0.2) is 42.6 Å². The number of nitrogen functional groups attached to an aromatic ring is 1. The molecule has 0 aliphatic carbocycles. The topological polar surface area (TPSA) is 41.3 Å². The van der Waals surface area contributed by atoms with Gasteiger partial charge in [-0.3, -0.25) is 4.90 Å². The van der Waals surface area contributed by atoms with Crippen molar-refractivity contribution in [3.05, 3.63) is 23.8 Å². The minimum atomic E-state index is -2.50. The molecule has 0 amide bonds. The molecule has 1 aromatic rings. The third kappa shape index (κ3) is 4.24. The lowest BCUT2D eigenvalue weighted by atomic mass is 10.1. The maximum absolute atomic E-state index is 12.9. The number of nitrogens with zero attached hydrogens (tertiary/aromatic N) is 1. The molecule has 0 bridgehead atoms. The van der Waals surface area contributed by atoms with Gasteiger partial charge in [0.1, 0.15) is 0 Å². The number of halogens is 2. The van der Waals surface area contributed by atoms with E-state index in [1.54, 1.807) is 12.1 Å². The zero-order valence-electron chi connectivity index (χ0n) is 10.7. The molecule has 1 fully saturated rings. The Balaban J connectivity index is 1.88. The highest BCUT2D eigenvalue weighted by molar-refractivity contribution is 7.99. The lowest BCUT2D eigenvalue weighted by molar-refractivity contribution is 0.152. The lowest BCUT2D eigenvalue weighted by Gasteiger charge is -2.26. The number of thioether (sulfide) groups is 1. The highest BCUT2D eigenvalue weighted by Crippen LogP contribution is 2.28. The molecule has 1 aromatic carbocycles. The Morgan fingerprint density at radius 2 is 2.05 bits per heavy atom. The SMILES string of the molecule is Nc1ccc(NCCN2CCSCC2)c(C(F)F)c1. The minimum Gasteiger partial charge on any atom is -0.399 e. The normalized spacial score (nSPS) is 16.8. The summed E-state index contributed by atoms with van der Waals surface area (Å²) in [5, 5.41) is 3.09. The average molecular weight is 287 g/mol. The zero-order valence-corrected chi connectivity index (χ0v) is 11.6. The summed E-state index contributed by atoms with van der Waals surface area (Å²) < 4.78 is 25.8. The van der Waals surface area contributed by atoms with Gasteiger partial charge < -0.3 is 11.1 Å². The van der Waals surface area contributed by atoms with Crippen molar-refractivity contribution >= 4 is 23.1 Å². The van der Waals surface area contributed by atoms with E-state index < -0.39 is 6.43 Å². The van der Waals surface area contributed by atoms with Crippen molar-refractivity contribution in [3.63, 3.8) is 0 Å². The van der Waals surface area contributed by atoms with Gasteiger partial charge in [0.25, 0.3) is 6.43 Å². The standard InChI is InChI=1S/C13H19F2N3S/c14-13(15)11-9-10(16)1-2-12(11)17-3-4-18-5-7-19-8-6-18/h1-2,9,13,17H,3-8,16H2. The summed E-state index contributed by atoms with van der Waals surface area (Å²) >= 11 is 1.96. The van der Waals surface area contributed by atoms with E-state index in [2.05, 4.69) is 10.2 Å². The summed E-state index contributed by atoms with van der Waals surface area (Å²) in [5.74, 6) is 2.31. The van der Waals surface area contributed by atoms with E-state index in [0.717, 1.165) is 31.1 Å². The van der Waals surface area contributed by atoms with Crippen molar-refractivity contribution in [1.29, 1.82) is 0 Å². The molecule has 0 aromatic heterocycles. The van der Waals surface area contributed by atoms with Gasteiger partial charge in [-0.1, -0.05) is 0 Å². The van der Waals surface area contributed by atoms with Gasteiger partial charge in [-0.2, -0.15) is 11.8 Å². The molecule has 1 aliphatic rings. The van der Waals surface area contributed by atoms with E-state index in [0.29, 0.717) is 17.9 Å². The highest BCUT2D eigenvalue weighted by Gasteiger charge is 2.14. The van der Waals surface area contributed by atoms with Crippen LogP contribution in [0.5, 0.6) is 0 Å². The van der Waals surface area contributed by atoms with Gasteiger partial charge in [0, 0.05) is 54.6 Å². The molecule has 3 nitrogen and oxygen atoms in total. The van der Waals surface area contributed by atoms with Crippen LogP contribution in [0.3, 0.4) is 0 Å². The molecule has 2 rings (SSSR count). The summed E-state index contributed by atoms with van der Waals surface area (Å²) in [6.07, 6.45) is -2.50. The molecule has 1 heterocycles. The van der Waals surface area contributed by atoms with Crippen LogP contribution >= 0.6 is 11.8 Å². The van der Waals surface area contributed by atoms with Gasteiger partial charge in [0.2, 0.25) is 0 Å². The minimum absolute atomic E-state index is 0.0193. The van der Waals surface area contributed by atoms with Gasteiger partial charge in [-0.05, 0) is 18.2 Å². The van der Waals surface area contributed by atoms with Gasteiger partial charge >= 0.3 is 0 Å². The molecule has 1 saturated heterocycles. The van der Waals surface area contributed by atoms with Crippen LogP contribution in [0.4, 0.5) is 20.2 Å². The lowest BCUT2D eigenvalue weighted by Crippen LogP contribution is -2.36. The first-order chi connectivity index (χ1) is 9.16. The first kappa shape index (κ1) is 14.4. The van der Waals surface area contributed by atoms with Gasteiger partial charge in [0.15, 0.2) is 0 Å². The predicted molar refractivity (Wildman–Crippen MR) is 78.1 cm³/mol. The Kier molecular flexibility index (Phi) is 5.27. The molecular weight excluding hydrogens is 268 g/mol. The third-order valence-corrected chi connectivity index (χ3v) is 4.10. The largest absolute Gasteiger partial charge is 0.399 e. The van der Waals surface area contributed by atoms with Gasteiger partial charge in [0.05, 0.1) is 0 Å². The number of hydrogen-bond donors (Lipinski definition) is 2. The smallest absolute Gasteiger partial charge is 0.265 e. The molecule has 106 valence electrons. The Morgan fingerprint density at radius 3 is 2.74 bits per heavy atom. The summed E-state index contributed by atoms with van der Waals surface area (Å²) in [6.45, 7) is 3.72. The fourth-order valence-electron chi connectivity index (χ4n) is 2.10. The van der Waals surface area contributed by atoms with Crippen LogP contribution in [0.1, 0.15) is 12.0 Å². The number of alkyl halides is 2. The van der Waals surface area contributed by atoms with Crippen molar-refractivity contribution < 1.29 is 8.78 Å². The second-order valence-corrected chi connectivity index (χ2v) is 5.75. The monoisotopic (exact) mass is 287 g/mol. The number of anilines is 2. The number of rotatable bonds is 5.